The molecule has 0 aliphatic carbocycles. The van der Waals surface area contributed by atoms with E-state index in [0.29, 0.717) is 23.4 Å². The van der Waals surface area contributed by atoms with Crippen LogP contribution in [0.3, 0.4) is 0 Å². The molecule has 1 fully saturated rings. The number of benzene rings is 1. The summed E-state index contributed by atoms with van der Waals surface area (Å²) in [5.41, 5.74) is 1.05. The van der Waals surface area contributed by atoms with Gasteiger partial charge in [-0.25, -0.2) is 0 Å². The number of ether oxygens (including phenoxy) is 2. The van der Waals surface area contributed by atoms with E-state index in [2.05, 4.69) is 17.1 Å². The van der Waals surface area contributed by atoms with E-state index in [0.717, 1.165) is 30.9 Å². The number of nitrogens with one attached hydrogen (secondary N) is 1. The molecule has 0 aromatic heterocycles. The van der Waals surface area contributed by atoms with Gasteiger partial charge in [0.1, 0.15) is 0 Å². The lowest BCUT2D eigenvalue weighted by Crippen LogP contribution is -2.37. The van der Waals surface area contributed by atoms with Gasteiger partial charge in [0.05, 0.1) is 13.7 Å². The Labute approximate surface area is 163 Å². The van der Waals surface area contributed by atoms with E-state index >= 15 is 0 Å². The molecule has 0 spiro atoms. The summed E-state index contributed by atoms with van der Waals surface area (Å²) in [7, 11) is 1.64. The van der Waals surface area contributed by atoms with Gasteiger partial charge in [0.2, 0.25) is 0 Å². The summed E-state index contributed by atoms with van der Waals surface area (Å²) in [5.74, 6) is 1.49. The number of nitrogens with zero attached hydrogens (tertiary/aromatic N) is 1. The van der Waals surface area contributed by atoms with Gasteiger partial charge in [0.15, 0.2) is 11.5 Å². The molecule has 1 saturated heterocycles. The highest BCUT2D eigenvalue weighted by atomic mass is 35.5. The molecule has 0 amide bonds. The molecule has 1 aromatic carbocycles. The molecule has 1 aliphatic heterocycles. The van der Waals surface area contributed by atoms with Crippen molar-refractivity contribution in [3.63, 3.8) is 0 Å². The van der Waals surface area contributed by atoms with E-state index in [-0.39, 0.29) is 24.8 Å². The van der Waals surface area contributed by atoms with E-state index < -0.39 is 0 Å². The minimum atomic E-state index is 0. The summed E-state index contributed by atoms with van der Waals surface area (Å²) in [5, 5.41) is 4.22. The summed E-state index contributed by atoms with van der Waals surface area (Å²) in [4.78, 5) is 2.54. The smallest absolute Gasteiger partial charge is 0.165 e. The van der Waals surface area contributed by atoms with Crippen LogP contribution in [0.15, 0.2) is 12.1 Å². The quantitative estimate of drug-likeness (QED) is 0.711. The van der Waals surface area contributed by atoms with Crippen LogP contribution in [-0.2, 0) is 6.54 Å². The van der Waals surface area contributed by atoms with Crippen molar-refractivity contribution in [3.05, 3.63) is 22.7 Å². The van der Waals surface area contributed by atoms with Crippen molar-refractivity contribution < 1.29 is 9.47 Å². The Balaban J connectivity index is 0.00000264. The molecule has 1 heterocycles. The number of methoxy groups -OCH3 is 1. The monoisotopic (exact) mass is 398 g/mol. The Bertz CT molecular complexity index is 489. The number of hydrogen-bond donors (Lipinski definition) is 1. The van der Waals surface area contributed by atoms with Gasteiger partial charge in [-0.1, -0.05) is 18.5 Å². The fourth-order valence-electron chi connectivity index (χ4n) is 3.13. The summed E-state index contributed by atoms with van der Waals surface area (Å²) in [6.07, 6.45) is 2.58. The number of rotatable bonds is 8. The standard InChI is InChI=1S/C17H27ClN2O2.2ClH/c1-4-20-8-6-7-15(20)12-19-11-13-9-14(18)10-16(21-3)17(13)22-5-2;;/h9-10,15,19H,4-8,11-12H2,1-3H3;2*1H. The van der Waals surface area contributed by atoms with Gasteiger partial charge < -0.3 is 14.8 Å². The largest absolute Gasteiger partial charge is 0.493 e. The van der Waals surface area contributed by atoms with Gasteiger partial charge in [-0.15, -0.1) is 24.8 Å². The van der Waals surface area contributed by atoms with E-state index in [9.17, 15) is 0 Å². The molecular formula is C17H29Cl3N2O2. The molecule has 1 aliphatic rings. The van der Waals surface area contributed by atoms with Crippen molar-refractivity contribution in [1.82, 2.24) is 10.2 Å². The molecule has 4 nitrogen and oxygen atoms in total. The number of hydrogen-bond acceptors (Lipinski definition) is 4. The fraction of sp³-hybridized carbons (Fsp3) is 0.647. The number of likely N-dealkylation sites (tertiary alicyclic amines) is 1. The maximum absolute atomic E-state index is 6.18. The predicted molar refractivity (Wildman–Crippen MR) is 106 cm³/mol. The van der Waals surface area contributed by atoms with Crippen LogP contribution in [0.5, 0.6) is 11.5 Å². The van der Waals surface area contributed by atoms with Crippen molar-refractivity contribution in [3.8, 4) is 11.5 Å². The second-order valence-corrected chi connectivity index (χ2v) is 6.02. The highest BCUT2D eigenvalue weighted by molar-refractivity contribution is 6.30. The minimum Gasteiger partial charge on any atom is -0.493 e. The van der Waals surface area contributed by atoms with Crippen LogP contribution in [-0.4, -0.2) is 44.3 Å². The van der Waals surface area contributed by atoms with E-state index in [1.54, 1.807) is 13.2 Å². The Morgan fingerprint density at radius 2 is 2.04 bits per heavy atom. The van der Waals surface area contributed by atoms with E-state index in [1.807, 2.05) is 13.0 Å². The van der Waals surface area contributed by atoms with Gasteiger partial charge in [-0.3, -0.25) is 4.90 Å². The highest BCUT2D eigenvalue weighted by Crippen LogP contribution is 2.34. The normalized spacial score (nSPS) is 17.1. The van der Waals surface area contributed by atoms with Crippen molar-refractivity contribution in [2.45, 2.75) is 39.3 Å². The molecule has 2 rings (SSSR count). The van der Waals surface area contributed by atoms with Gasteiger partial charge in [0, 0.05) is 35.8 Å². The molecule has 0 radical (unpaired) electrons. The summed E-state index contributed by atoms with van der Waals surface area (Å²) in [6.45, 7) is 8.89. The Morgan fingerprint density at radius 1 is 1.29 bits per heavy atom. The highest BCUT2D eigenvalue weighted by Gasteiger charge is 2.22. The van der Waals surface area contributed by atoms with Gasteiger partial charge in [-0.2, -0.15) is 0 Å². The first kappa shape index (κ1) is 23.6. The zero-order valence-electron chi connectivity index (χ0n) is 14.6. The maximum Gasteiger partial charge on any atom is 0.165 e. The third-order valence-corrected chi connectivity index (χ3v) is 4.42. The molecule has 1 aromatic rings. The SMILES string of the molecule is CCOc1c(CNCC2CCCN2CC)cc(Cl)cc1OC.Cl.Cl. The van der Waals surface area contributed by atoms with Gasteiger partial charge in [-0.05, 0) is 38.9 Å². The van der Waals surface area contributed by atoms with Crippen LogP contribution in [0.1, 0.15) is 32.3 Å². The average molecular weight is 400 g/mol. The number of halogens is 3. The minimum absolute atomic E-state index is 0. The lowest BCUT2D eigenvalue weighted by Gasteiger charge is -2.23. The van der Waals surface area contributed by atoms with Gasteiger partial charge >= 0.3 is 0 Å². The summed E-state index contributed by atoms with van der Waals surface area (Å²) < 4.78 is 11.1. The van der Waals surface area contributed by atoms with Gasteiger partial charge in [0.25, 0.3) is 0 Å². The summed E-state index contributed by atoms with van der Waals surface area (Å²) in [6, 6.07) is 4.39. The van der Waals surface area contributed by atoms with Crippen molar-refractivity contribution >= 4 is 36.4 Å². The first-order chi connectivity index (χ1) is 10.7. The second-order valence-electron chi connectivity index (χ2n) is 5.58. The third kappa shape index (κ3) is 6.16. The summed E-state index contributed by atoms with van der Waals surface area (Å²) >= 11 is 6.18. The topological polar surface area (TPSA) is 33.7 Å². The van der Waals surface area contributed by atoms with Crippen LogP contribution >= 0.6 is 36.4 Å². The molecular weight excluding hydrogens is 371 g/mol. The predicted octanol–water partition coefficient (Wildman–Crippen LogP) is 4.16. The third-order valence-electron chi connectivity index (χ3n) is 4.21. The molecule has 24 heavy (non-hydrogen) atoms. The van der Waals surface area contributed by atoms with Crippen LogP contribution in [0, 0.1) is 0 Å². The molecule has 1 N–H and O–H groups in total. The average Bonchev–Trinajstić information content (AvgIpc) is 2.97. The van der Waals surface area contributed by atoms with Crippen molar-refractivity contribution in [2.24, 2.45) is 0 Å². The molecule has 140 valence electrons. The Kier molecular flexibility index (Phi) is 11.8. The zero-order chi connectivity index (χ0) is 15.9. The van der Waals surface area contributed by atoms with Crippen molar-refractivity contribution in [2.75, 3.05) is 33.4 Å². The first-order valence-electron chi connectivity index (χ1n) is 8.13. The van der Waals surface area contributed by atoms with Crippen LogP contribution in [0.4, 0.5) is 0 Å². The van der Waals surface area contributed by atoms with E-state index in [1.165, 1.54) is 19.4 Å². The lowest BCUT2D eigenvalue weighted by atomic mass is 10.1. The fourth-order valence-corrected chi connectivity index (χ4v) is 3.36. The molecule has 1 unspecified atom stereocenters. The van der Waals surface area contributed by atoms with Crippen LogP contribution < -0.4 is 14.8 Å². The molecule has 0 bridgehead atoms. The zero-order valence-corrected chi connectivity index (χ0v) is 17.0. The second kappa shape index (κ2) is 12.0. The van der Waals surface area contributed by atoms with Crippen LogP contribution in [0.2, 0.25) is 5.02 Å². The van der Waals surface area contributed by atoms with Crippen LogP contribution in [0.25, 0.3) is 0 Å². The molecule has 0 saturated carbocycles. The maximum atomic E-state index is 6.18. The Hall–Kier alpha value is -0.390. The molecule has 7 heteroatoms. The van der Waals surface area contributed by atoms with E-state index in [4.69, 9.17) is 21.1 Å². The lowest BCUT2D eigenvalue weighted by molar-refractivity contribution is 0.259. The first-order valence-corrected chi connectivity index (χ1v) is 8.51. The number of likely N-dealkylation sites (N-methyl/N-ethyl adjacent to an activating group) is 1. The Morgan fingerprint density at radius 3 is 2.67 bits per heavy atom. The molecule has 1 atom stereocenters. The van der Waals surface area contributed by atoms with Crippen molar-refractivity contribution in [1.29, 1.82) is 0 Å².